The summed E-state index contributed by atoms with van der Waals surface area (Å²) >= 11 is 6.16. The highest BCUT2D eigenvalue weighted by Gasteiger charge is 2.22. The minimum atomic E-state index is -0.0670. The molecule has 0 aliphatic carbocycles. The third kappa shape index (κ3) is 3.73. The molecule has 2 heterocycles. The molecule has 1 saturated heterocycles. The summed E-state index contributed by atoms with van der Waals surface area (Å²) in [4.78, 5) is 11.9. The van der Waals surface area contributed by atoms with E-state index >= 15 is 0 Å². The molecule has 1 aromatic rings. The van der Waals surface area contributed by atoms with E-state index in [1.807, 2.05) is 6.07 Å². The molecule has 0 aromatic heterocycles. The average molecular weight is 333 g/mol. The van der Waals surface area contributed by atoms with Gasteiger partial charge in [-0.3, -0.25) is 4.79 Å². The fraction of sp³-hybridized carbons (Fsp3) is 0.500. The van der Waals surface area contributed by atoms with E-state index in [-0.39, 0.29) is 24.4 Å². The maximum atomic E-state index is 11.9. The molecule has 0 saturated carbocycles. The fourth-order valence-electron chi connectivity index (χ4n) is 2.49. The maximum absolute atomic E-state index is 11.9. The Balaban J connectivity index is 0.00000161. The van der Waals surface area contributed by atoms with Crippen molar-refractivity contribution in [2.45, 2.75) is 25.4 Å². The first kappa shape index (κ1) is 16.2. The van der Waals surface area contributed by atoms with Crippen molar-refractivity contribution in [2.24, 2.45) is 0 Å². The molecule has 5 nitrogen and oxygen atoms in total. The van der Waals surface area contributed by atoms with Crippen molar-refractivity contribution in [1.29, 1.82) is 0 Å². The second-order valence-electron chi connectivity index (χ2n) is 4.97. The standard InChI is InChI=1S/C14H17ClN2O3.ClH/c15-10-6-9(7-12-13(10)20-5-4-19-12)8-17-14(18)11-2-1-3-16-11;/h6-7,11,16H,1-5,8H2,(H,17,18);1H. The van der Waals surface area contributed by atoms with E-state index in [9.17, 15) is 4.79 Å². The number of fused-ring (bicyclic) bond motifs is 1. The molecule has 2 aliphatic heterocycles. The first-order valence-electron chi connectivity index (χ1n) is 6.83. The van der Waals surface area contributed by atoms with Gasteiger partial charge in [-0.1, -0.05) is 11.6 Å². The molecule has 2 aliphatic rings. The van der Waals surface area contributed by atoms with Crippen molar-refractivity contribution in [1.82, 2.24) is 10.6 Å². The van der Waals surface area contributed by atoms with Crippen LogP contribution in [0.4, 0.5) is 0 Å². The number of benzene rings is 1. The molecule has 116 valence electrons. The highest BCUT2D eigenvalue weighted by molar-refractivity contribution is 6.32. The van der Waals surface area contributed by atoms with E-state index in [0.29, 0.717) is 36.3 Å². The van der Waals surface area contributed by atoms with Crippen LogP contribution < -0.4 is 20.1 Å². The first-order valence-corrected chi connectivity index (χ1v) is 7.21. The van der Waals surface area contributed by atoms with Crippen LogP contribution in [0.15, 0.2) is 12.1 Å². The zero-order valence-electron chi connectivity index (χ0n) is 11.5. The van der Waals surface area contributed by atoms with Crippen LogP contribution in [0.3, 0.4) is 0 Å². The normalized spacial score (nSPS) is 19.8. The zero-order valence-corrected chi connectivity index (χ0v) is 13.1. The predicted molar refractivity (Wildman–Crippen MR) is 82.6 cm³/mol. The highest BCUT2D eigenvalue weighted by atomic mass is 35.5. The van der Waals surface area contributed by atoms with E-state index in [1.165, 1.54) is 0 Å². The Morgan fingerprint density at radius 2 is 2.19 bits per heavy atom. The second-order valence-corrected chi connectivity index (χ2v) is 5.38. The third-order valence-electron chi connectivity index (χ3n) is 3.50. The summed E-state index contributed by atoms with van der Waals surface area (Å²) < 4.78 is 11.0. The summed E-state index contributed by atoms with van der Waals surface area (Å²) in [5.74, 6) is 1.27. The maximum Gasteiger partial charge on any atom is 0.237 e. The van der Waals surface area contributed by atoms with Gasteiger partial charge in [0.1, 0.15) is 13.2 Å². The van der Waals surface area contributed by atoms with Crippen molar-refractivity contribution >= 4 is 29.9 Å². The third-order valence-corrected chi connectivity index (χ3v) is 3.78. The summed E-state index contributed by atoms with van der Waals surface area (Å²) in [5, 5.41) is 6.61. The van der Waals surface area contributed by atoms with E-state index in [4.69, 9.17) is 21.1 Å². The molecular formula is C14H18Cl2N2O3. The molecule has 2 N–H and O–H groups in total. The quantitative estimate of drug-likeness (QED) is 0.887. The predicted octanol–water partition coefficient (Wildman–Crippen LogP) is 1.90. The van der Waals surface area contributed by atoms with E-state index in [2.05, 4.69) is 10.6 Å². The molecule has 1 unspecified atom stereocenters. The molecule has 1 fully saturated rings. The van der Waals surface area contributed by atoms with Crippen molar-refractivity contribution in [2.75, 3.05) is 19.8 Å². The van der Waals surface area contributed by atoms with Crippen LogP contribution in [-0.4, -0.2) is 31.7 Å². The van der Waals surface area contributed by atoms with Crippen molar-refractivity contribution in [3.8, 4) is 11.5 Å². The number of carbonyl (C=O) groups excluding carboxylic acids is 1. The molecule has 1 aromatic carbocycles. The minimum absolute atomic E-state index is 0. The number of hydrogen-bond donors (Lipinski definition) is 2. The van der Waals surface area contributed by atoms with Gasteiger partial charge in [0.2, 0.25) is 5.91 Å². The largest absolute Gasteiger partial charge is 0.486 e. The molecule has 0 spiro atoms. The van der Waals surface area contributed by atoms with Gasteiger partial charge in [0, 0.05) is 6.54 Å². The van der Waals surface area contributed by atoms with Crippen LogP contribution in [0, 0.1) is 0 Å². The number of amides is 1. The lowest BCUT2D eigenvalue weighted by Crippen LogP contribution is -2.40. The van der Waals surface area contributed by atoms with Crippen LogP contribution >= 0.6 is 24.0 Å². The topological polar surface area (TPSA) is 59.6 Å². The Hall–Kier alpha value is -1.17. The Morgan fingerprint density at radius 1 is 1.38 bits per heavy atom. The van der Waals surface area contributed by atoms with Gasteiger partial charge in [-0.15, -0.1) is 12.4 Å². The SMILES string of the molecule is Cl.O=C(NCc1cc(Cl)c2c(c1)OCCO2)C1CCCN1. The van der Waals surface area contributed by atoms with E-state index in [1.54, 1.807) is 6.07 Å². The fourth-order valence-corrected chi connectivity index (χ4v) is 2.77. The van der Waals surface area contributed by atoms with Crippen molar-refractivity contribution < 1.29 is 14.3 Å². The lowest BCUT2D eigenvalue weighted by Gasteiger charge is -2.20. The number of hydrogen-bond acceptors (Lipinski definition) is 4. The van der Waals surface area contributed by atoms with Gasteiger partial charge in [-0.2, -0.15) is 0 Å². The van der Waals surface area contributed by atoms with Gasteiger partial charge in [-0.25, -0.2) is 0 Å². The van der Waals surface area contributed by atoms with Crippen molar-refractivity contribution in [3.63, 3.8) is 0 Å². The van der Waals surface area contributed by atoms with Crippen molar-refractivity contribution in [3.05, 3.63) is 22.7 Å². The molecule has 0 bridgehead atoms. The van der Waals surface area contributed by atoms with Gasteiger partial charge in [-0.05, 0) is 37.1 Å². The second kappa shape index (κ2) is 7.20. The number of carbonyl (C=O) groups is 1. The smallest absolute Gasteiger partial charge is 0.237 e. The van der Waals surface area contributed by atoms with Gasteiger partial charge >= 0.3 is 0 Å². The summed E-state index contributed by atoms with van der Waals surface area (Å²) in [5.41, 5.74) is 0.908. The van der Waals surface area contributed by atoms with Gasteiger partial charge < -0.3 is 20.1 Å². The molecule has 7 heteroatoms. The molecule has 1 atom stereocenters. The number of nitrogens with one attached hydrogen (secondary N) is 2. The van der Waals surface area contributed by atoms with Crippen LogP contribution in [0.1, 0.15) is 18.4 Å². The van der Waals surface area contributed by atoms with Crippen LogP contribution in [0.2, 0.25) is 5.02 Å². The molecule has 0 radical (unpaired) electrons. The Kier molecular flexibility index (Phi) is 5.56. The van der Waals surface area contributed by atoms with Gasteiger partial charge in [0.25, 0.3) is 0 Å². The van der Waals surface area contributed by atoms with E-state index < -0.39 is 0 Å². The lowest BCUT2D eigenvalue weighted by atomic mass is 10.1. The summed E-state index contributed by atoms with van der Waals surface area (Å²) in [6.07, 6.45) is 1.95. The molecular weight excluding hydrogens is 315 g/mol. The average Bonchev–Trinajstić information content (AvgIpc) is 2.99. The summed E-state index contributed by atoms with van der Waals surface area (Å²) in [6.45, 7) is 2.38. The number of rotatable bonds is 3. The molecule has 3 rings (SSSR count). The number of ether oxygens (including phenoxy) is 2. The monoisotopic (exact) mass is 332 g/mol. The van der Waals surface area contributed by atoms with Gasteiger partial charge in [0.15, 0.2) is 11.5 Å². The Morgan fingerprint density at radius 3 is 2.95 bits per heavy atom. The van der Waals surface area contributed by atoms with Crippen LogP contribution in [0.5, 0.6) is 11.5 Å². The number of halogens is 2. The summed E-state index contributed by atoms with van der Waals surface area (Å²) in [7, 11) is 0. The zero-order chi connectivity index (χ0) is 13.9. The Labute approximate surface area is 134 Å². The highest BCUT2D eigenvalue weighted by Crippen LogP contribution is 2.38. The first-order chi connectivity index (χ1) is 9.74. The summed E-state index contributed by atoms with van der Waals surface area (Å²) in [6, 6.07) is 3.60. The van der Waals surface area contributed by atoms with E-state index in [0.717, 1.165) is 24.9 Å². The molecule has 21 heavy (non-hydrogen) atoms. The van der Waals surface area contributed by atoms with Gasteiger partial charge in [0.05, 0.1) is 11.1 Å². The lowest BCUT2D eigenvalue weighted by molar-refractivity contribution is -0.122. The molecule has 1 amide bonds. The van der Waals surface area contributed by atoms with Crippen LogP contribution in [-0.2, 0) is 11.3 Å². The minimum Gasteiger partial charge on any atom is -0.486 e. The van der Waals surface area contributed by atoms with Crippen LogP contribution in [0.25, 0.3) is 0 Å². The Bertz CT molecular complexity index is 519.